The van der Waals surface area contributed by atoms with Gasteiger partial charge in [-0.1, -0.05) is 30.3 Å². The van der Waals surface area contributed by atoms with Gasteiger partial charge >= 0.3 is 0 Å². The lowest BCUT2D eigenvalue weighted by Gasteiger charge is -2.30. The zero-order chi connectivity index (χ0) is 18.1. The zero-order valence-corrected chi connectivity index (χ0v) is 15.5. The molecule has 1 amide bonds. The smallest absolute Gasteiger partial charge is 0.262 e. The van der Waals surface area contributed by atoms with E-state index in [0.717, 1.165) is 36.6 Å². The Bertz CT molecular complexity index is 988. The van der Waals surface area contributed by atoms with Crippen molar-refractivity contribution in [2.24, 2.45) is 0 Å². The zero-order valence-electron chi connectivity index (χ0n) is 14.6. The topological polar surface area (TPSA) is 59.6 Å². The molecule has 0 saturated carbocycles. The highest BCUT2D eigenvalue weighted by Gasteiger charge is 2.22. The summed E-state index contributed by atoms with van der Waals surface area (Å²) in [6.45, 7) is 3.43. The molecule has 4 rings (SSSR count). The lowest BCUT2D eigenvalue weighted by Crippen LogP contribution is -3.12. The fourth-order valence-corrected chi connectivity index (χ4v) is 4.20. The number of carbonyl (C=O) groups excluding carboxylic acids is 1. The van der Waals surface area contributed by atoms with Gasteiger partial charge in [-0.3, -0.25) is 14.2 Å². The molecule has 0 unspecified atom stereocenters. The Labute approximate surface area is 155 Å². The van der Waals surface area contributed by atoms with Crippen LogP contribution in [0.4, 0.5) is 0 Å². The van der Waals surface area contributed by atoms with Gasteiger partial charge in [0, 0.05) is 4.88 Å². The van der Waals surface area contributed by atoms with Crippen LogP contribution in [0.25, 0.3) is 20.7 Å². The normalized spacial score (nSPS) is 15.5. The van der Waals surface area contributed by atoms with Crippen LogP contribution in [0, 0.1) is 0 Å². The molecular formula is C19H21N4O2S+. The summed E-state index contributed by atoms with van der Waals surface area (Å²) in [5.74, 6) is -0.0146. The van der Waals surface area contributed by atoms with Gasteiger partial charge in [-0.15, -0.1) is 11.3 Å². The number of quaternary nitrogens is 1. The van der Waals surface area contributed by atoms with E-state index in [0.29, 0.717) is 10.2 Å². The molecule has 0 spiro atoms. The van der Waals surface area contributed by atoms with E-state index in [2.05, 4.69) is 12.0 Å². The molecule has 134 valence electrons. The summed E-state index contributed by atoms with van der Waals surface area (Å²) in [6, 6.07) is 11.8. The number of rotatable bonds is 3. The van der Waals surface area contributed by atoms with Crippen LogP contribution in [0.5, 0.6) is 0 Å². The number of nitrogens with zero attached hydrogens (tertiary/aromatic N) is 3. The van der Waals surface area contributed by atoms with Crippen molar-refractivity contribution in [3.8, 4) is 10.4 Å². The molecule has 3 heterocycles. The number of thiophene rings is 1. The average molecular weight is 369 g/mol. The first-order chi connectivity index (χ1) is 12.6. The van der Waals surface area contributed by atoms with Crippen LogP contribution < -0.4 is 10.5 Å². The second kappa shape index (κ2) is 7.01. The molecule has 3 aromatic rings. The largest absolute Gasteiger partial charge is 0.334 e. The highest BCUT2D eigenvalue weighted by Crippen LogP contribution is 2.30. The SMILES string of the molecule is C[NH+]1CCN(C(=O)Cn2cnc3sc(-c4ccccc4)cc3c2=O)CC1. The minimum absolute atomic E-state index is 0.0146. The number of piperazine rings is 1. The van der Waals surface area contributed by atoms with E-state index in [1.807, 2.05) is 41.3 Å². The van der Waals surface area contributed by atoms with Gasteiger partial charge in [0.15, 0.2) is 0 Å². The average Bonchev–Trinajstić information content (AvgIpc) is 3.10. The third-order valence-corrected chi connectivity index (χ3v) is 5.94. The fraction of sp³-hybridized carbons (Fsp3) is 0.316. The van der Waals surface area contributed by atoms with Gasteiger partial charge < -0.3 is 9.80 Å². The van der Waals surface area contributed by atoms with Crippen LogP contribution in [-0.4, -0.2) is 53.6 Å². The van der Waals surface area contributed by atoms with Crippen molar-refractivity contribution in [3.05, 3.63) is 53.1 Å². The van der Waals surface area contributed by atoms with Gasteiger partial charge in [0.2, 0.25) is 5.91 Å². The Balaban J connectivity index is 1.60. The first-order valence-corrected chi connectivity index (χ1v) is 9.57. The van der Waals surface area contributed by atoms with Crippen molar-refractivity contribution in [3.63, 3.8) is 0 Å². The maximum Gasteiger partial charge on any atom is 0.262 e. The van der Waals surface area contributed by atoms with Crippen LogP contribution in [0.3, 0.4) is 0 Å². The molecule has 0 atom stereocenters. The van der Waals surface area contributed by atoms with Crippen molar-refractivity contribution >= 4 is 27.5 Å². The summed E-state index contributed by atoms with van der Waals surface area (Å²) >= 11 is 1.50. The van der Waals surface area contributed by atoms with Crippen molar-refractivity contribution in [2.75, 3.05) is 33.2 Å². The predicted octanol–water partition coefficient (Wildman–Crippen LogP) is 0.482. The predicted molar refractivity (Wildman–Crippen MR) is 103 cm³/mol. The van der Waals surface area contributed by atoms with E-state index in [1.165, 1.54) is 27.1 Å². The van der Waals surface area contributed by atoms with Crippen LogP contribution in [0.2, 0.25) is 0 Å². The molecule has 0 bridgehead atoms. The molecule has 7 heteroatoms. The standard InChI is InChI=1S/C19H20N4O2S/c1-21-7-9-22(10-8-21)17(24)12-23-13-20-18-15(19(23)25)11-16(26-18)14-5-3-2-4-6-14/h2-6,11,13H,7-10,12H2,1H3/p+1. The van der Waals surface area contributed by atoms with Crippen molar-refractivity contribution in [1.29, 1.82) is 0 Å². The number of fused-ring (bicyclic) bond motifs is 1. The summed E-state index contributed by atoms with van der Waals surface area (Å²) in [6.07, 6.45) is 1.50. The van der Waals surface area contributed by atoms with Gasteiger partial charge in [-0.25, -0.2) is 4.98 Å². The molecule has 2 aromatic heterocycles. The van der Waals surface area contributed by atoms with Gasteiger partial charge in [0.1, 0.15) is 11.4 Å². The molecule has 6 nitrogen and oxygen atoms in total. The first kappa shape index (κ1) is 16.9. The molecule has 0 radical (unpaired) electrons. The van der Waals surface area contributed by atoms with E-state index in [1.54, 1.807) is 0 Å². The number of likely N-dealkylation sites (N-methyl/N-ethyl adjacent to an activating group) is 1. The minimum atomic E-state index is -0.151. The molecule has 1 N–H and O–H groups in total. The van der Waals surface area contributed by atoms with E-state index in [-0.39, 0.29) is 18.0 Å². The molecule has 1 aliphatic rings. The number of hydrogen-bond acceptors (Lipinski definition) is 4. The Morgan fingerprint density at radius 3 is 2.69 bits per heavy atom. The summed E-state index contributed by atoms with van der Waals surface area (Å²) in [4.78, 5) is 34.7. The molecule has 1 saturated heterocycles. The molecule has 26 heavy (non-hydrogen) atoms. The Kier molecular flexibility index (Phi) is 4.57. The third-order valence-electron chi connectivity index (χ3n) is 4.85. The van der Waals surface area contributed by atoms with Gasteiger partial charge in [-0.05, 0) is 11.6 Å². The number of benzene rings is 1. The highest BCUT2D eigenvalue weighted by molar-refractivity contribution is 7.21. The molecule has 1 fully saturated rings. The van der Waals surface area contributed by atoms with Crippen LogP contribution in [-0.2, 0) is 11.3 Å². The maximum absolute atomic E-state index is 12.8. The second-order valence-electron chi connectivity index (χ2n) is 6.71. The number of amides is 1. The van der Waals surface area contributed by atoms with Crippen molar-refractivity contribution in [1.82, 2.24) is 14.5 Å². The monoisotopic (exact) mass is 369 g/mol. The van der Waals surface area contributed by atoms with Crippen LogP contribution >= 0.6 is 11.3 Å². The number of aromatic nitrogens is 2. The Morgan fingerprint density at radius 2 is 1.96 bits per heavy atom. The number of hydrogen-bond donors (Lipinski definition) is 1. The lowest BCUT2D eigenvalue weighted by molar-refractivity contribution is -0.883. The molecular weight excluding hydrogens is 348 g/mol. The lowest BCUT2D eigenvalue weighted by atomic mass is 10.2. The van der Waals surface area contributed by atoms with E-state index < -0.39 is 0 Å². The second-order valence-corrected chi connectivity index (χ2v) is 7.74. The van der Waals surface area contributed by atoms with Gasteiger partial charge in [0.25, 0.3) is 5.56 Å². The first-order valence-electron chi connectivity index (χ1n) is 8.75. The van der Waals surface area contributed by atoms with Gasteiger partial charge in [0.05, 0.1) is 44.9 Å². The summed E-state index contributed by atoms with van der Waals surface area (Å²) in [5.41, 5.74) is 0.916. The molecule has 1 aromatic carbocycles. The maximum atomic E-state index is 12.8. The Morgan fingerprint density at radius 1 is 1.23 bits per heavy atom. The van der Waals surface area contributed by atoms with Crippen molar-refractivity contribution in [2.45, 2.75) is 6.54 Å². The van der Waals surface area contributed by atoms with E-state index >= 15 is 0 Å². The summed E-state index contributed by atoms with van der Waals surface area (Å²) < 4.78 is 1.43. The van der Waals surface area contributed by atoms with Crippen molar-refractivity contribution < 1.29 is 9.69 Å². The van der Waals surface area contributed by atoms with E-state index in [9.17, 15) is 9.59 Å². The third kappa shape index (κ3) is 3.27. The number of nitrogens with one attached hydrogen (secondary N) is 1. The quantitative estimate of drug-likeness (QED) is 0.731. The molecule has 0 aliphatic carbocycles. The van der Waals surface area contributed by atoms with Crippen LogP contribution in [0.15, 0.2) is 47.5 Å². The fourth-order valence-electron chi connectivity index (χ4n) is 3.20. The minimum Gasteiger partial charge on any atom is -0.334 e. The van der Waals surface area contributed by atoms with Gasteiger partial charge in [-0.2, -0.15) is 0 Å². The molecule has 1 aliphatic heterocycles. The highest BCUT2D eigenvalue weighted by atomic mass is 32.1. The summed E-state index contributed by atoms with van der Waals surface area (Å²) in [7, 11) is 2.13. The number of carbonyl (C=O) groups is 1. The van der Waals surface area contributed by atoms with Crippen LogP contribution in [0.1, 0.15) is 0 Å². The summed E-state index contributed by atoms with van der Waals surface area (Å²) in [5, 5.41) is 0.576. The Hall–Kier alpha value is -2.51. The van der Waals surface area contributed by atoms with E-state index in [4.69, 9.17) is 0 Å².